The fraction of sp³-hybridized carbons (Fsp3) is 0.429. The van der Waals surface area contributed by atoms with Crippen LogP contribution in [0.15, 0.2) is 10.8 Å². The Morgan fingerprint density at radius 2 is 2.07 bits per heavy atom. The maximum Gasteiger partial charge on any atom is 0.425 e. The second-order valence-electron chi connectivity index (χ2n) is 2.59. The summed E-state index contributed by atoms with van der Waals surface area (Å²) in [4.78, 5) is 7.08. The van der Waals surface area contributed by atoms with Gasteiger partial charge in [0.1, 0.15) is 10.8 Å². The van der Waals surface area contributed by atoms with Crippen molar-refractivity contribution in [2.45, 2.75) is 19.2 Å². The van der Waals surface area contributed by atoms with E-state index >= 15 is 0 Å². The molecule has 0 radical (unpaired) electrons. The van der Waals surface area contributed by atoms with Crippen molar-refractivity contribution in [1.29, 1.82) is 0 Å². The molecule has 0 spiro atoms. The lowest BCUT2D eigenvalue weighted by Gasteiger charge is -2.17. The Labute approximate surface area is 96.7 Å². The third-order valence-electron chi connectivity index (χ3n) is 1.46. The molecule has 1 aromatic heterocycles. The molecule has 0 saturated carbocycles. The molecule has 0 aliphatic carbocycles. The predicted octanol–water partition coefficient (Wildman–Crippen LogP) is 3.22. The monoisotopic (exact) mass is 304 g/mol. The van der Waals surface area contributed by atoms with Gasteiger partial charge in [-0.25, -0.2) is 9.97 Å². The highest BCUT2D eigenvalue weighted by molar-refractivity contribution is 9.10. The van der Waals surface area contributed by atoms with Crippen molar-refractivity contribution in [2.24, 2.45) is 0 Å². The van der Waals surface area contributed by atoms with Crippen LogP contribution in [0.5, 0.6) is 5.88 Å². The van der Waals surface area contributed by atoms with Crippen molar-refractivity contribution in [2.75, 3.05) is 0 Å². The topological polar surface area (TPSA) is 35.0 Å². The number of rotatable bonds is 2. The molecule has 0 saturated heterocycles. The van der Waals surface area contributed by atoms with E-state index in [0.717, 1.165) is 13.3 Å². The summed E-state index contributed by atoms with van der Waals surface area (Å²) in [5.74, 6) is -0.236. The van der Waals surface area contributed by atoms with Gasteiger partial charge >= 0.3 is 6.18 Å². The van der Waals surface area contributed by atoms with Crippen molar-refractivity contribution in [3.05, 3.63) is 16.0 Å². The van der Waals surface area contributed by atoms with Gasteiger partial charge in [0.05, 0.1) is 0 Å². The van der Waals surface area contributed by atoms with Gasteiger partial charge in [0.15, 0.2) is 11.3 Å². The third kappa shape index (κ3) is 3.20. The van der Waals surface area contributed by atoms with Gasteiger partial charge in [-0.05, 0) is 22.9 Å². The van der Waals surface area contributed by atoms with Crippen LogP contribution in [0, 0.1) is 0 Å². The summed E-state index contributed by atoms with van der Waals surface area (Å²) in [5, 5.41) is -0.00521. The average Bonchev–Trinajstić information content (AvgIpc) is 2.11. The molecule has 0 amide bonds. The Hall–Kier alpha value is -0.560. The number of hydrogen-bond donors (Lipinski definition) is 0. The third-order valence-corrected chi connectivity index (χ3v) is 2.69. The van der Waals surface area contributed by atoms with Crippen LogP contribution in [0.3, 0.4) is 0 Å². The Balaban J connectivity index is 2.86. The zero-order valence-corrected chi connectivity index (χ0v) is 9.69. The number of alkyl halides is 3. The molecular formula is C7H5BrClF3N2O. The normalized spacial score (nSPS) is 13.7. The van der Waals surface area contributed by atoms with Crippen LogP contribution in [-0.4, -0.2) is 22.2 Å². The molecule has 8 heteroatoms. The van der Waals surface area contributed by atoms with E-state index in [9.17, 15) is 13.2 Å². The first kappa shape index (κ1) is 12.5. The molecule has 0 fully saturated rings. The number of nitrogens with zero attached hydrogens (tertiary/aromatic N) is 2. The summed E-state index contributed by atoms with van der Waals surface area (Å²) in [6, 6.07) is 0. The van der Waals surface area contributed by atoms with Crippen LogP contribution < -0.4 is 4.74 Å². The van der Waals surface area contributed by atoms with E-state index in [1.54, 1.807) is 0 Å². The van der Waals surface area contributed by atoms with Crippen molar-refractivity contribution in [3.8, 4) is 5.88 Å². The minimum Gasteiger partial charge on any atom is -0.464 e. The molecule has 0 N–H and O–H groups in total. The Kier molecular flexibility index (Phi) is 3.77. The van der Waals surface area contributed by atoms with Gasteiger partial charge in [0, 0.05) is 0 Å². The maximum atomic E-state index is 12.2. The Morgan fingerprint density at radius 1 is 1.47 bits per heavy atom. The van der Waals surface area contributed by atoms with Crippen LogP contribution in [0.2, 0.25) is 5.15 Å². The van der Waals surface area contributed by atoms with E-state index in [-0.39, 0.29) is 15.5 Å². The van der Waals surface area contributed by atoms with E-state index < -0.39 is 12.3 Å². The summed E-state index contributed by atoms with van der Waals surface area (Å²) in [6.45, 7) is 0.877. The smallest absolute Gasteiger partial charge is 0.425 e. The van der Waals surface area contributed by atoms with Crippen molar-refractivity contribution >= 4 is 27.5 Å². The Bertz CT molecular complexity index is 361. The van der Waals surface area contributed by atoms with Gasteiger partial charge in [0.2, 0.25) is 5.88 Å². The Morgan fingerprint density at radius 3 is 2.60 bits per heavy atom. The molecule has 0 aliphatic rings. The summed E-state index contributed by atoms with van der Waals surface area (Å²) in [7, 11) is 0. The van der Waals surface area contributed by atoms with Crippen molar-refractivity contribution in [1.82, 2.24) is 9.97 Å². The van der Waals surface area contributed by atoms with Crippen molar-refractivity contribution in [3.63, 3.8) is 0 Å². The molecule has 0 aromatic carbocycles. The first-order chi connectivity index (χ1) is 6.82. The summed E-state index contributed by atoms with van der Waals surface area (Å²) in [5.41, 5.74) is 0. The molecule has 1 unspecified atom stereocenters. The van der Waals surface area contributed by atoms with Crippen LogP contribution in [0.25, 0.3) is 0 Å². The quantitative estimate of drug-likeness (QED) is 0.787. The van der Waals surface area contributed by atoms with E-state index in [2.05, 4.69) is 30.6 Å². The first-order valence-corrected chi connectivity index (χ1v) is 4.89. The lowest BCUT2D eigenvalue weighted by atomic mass is 10.4. The lowest BCUT2D eigenvalue weighted by molar-refractivity contribution is -0.190. The zero-order chi connectivity index (χ0) is 11.6. The molecule has 3 nitrogen and oxygen atoms in total. The van der Waals surface area contributed by atoms with Crippen molar-refractivity contribution < 1.29 is 17.9 Å². The standard InChI is InChI=1S/C7H5BrClF3N2O/c1-3(7(10,11)12)15-6-4(8)5(9)13-2-14-6/h2-3H,1H3. The van der Waals surface area contributed by atoms with Gasteiger partial charge in [-0.1, -0.05) is 11.6 Å². The molecule has 0 aliphatic heterocycles. The van der Waals surface area contributed by atoms with E-state index in [1.807, 2.05) is 0 Å². The molecule has 1 rings (SSSR count). The van der Waals surface area contributed by atoms with Crippen LogP contribution >= 0.6 is 27.5 Å². The number of ether oxygens (including phenoxy) is 1. The minimum atomic E-state index is -4.45. The van der Waals surface area contributed by atoms with Crippen LogP contribution in [0.4, 0.5) is 13.2 Å². The highest BCUT2D eigenvalue weighted by atomic mass is 79.9. The van der Waals surface area contributed by atoms with E-state index in [1.165, 1.54) is 0 Å². The molecule has 1 atom stereocenters. The number of aromatic nitrogens is 2. The van der Waals surface area contributed by atoms with Gasteiger partial charge in [-0.15, -0.1) is 0 Å². The highest BCUT2D eigenvalue weighted by Gasteiger charge is 2.38. The molecular weight excluding hydrogens is 300 g/mol. The molecule has 1 heterocycles. The van der Waals surface area contributed by atoms with E-state index in [4.69, 9.17) is 11.6 Å². The SMILES string of the molecule is CC(Oc1ncnc(Cl)c1Br)C(F)(F)F. The second-order valence-corrected chi connectivity index (χ2v) is 3.74. The van der Waals surface area contributed by atoms with E-state index in [0.29, 0.717) is 0 Å². The number of hydrogen-bond acceptors (Lipinski definition) is 3. The van der Waals surface area contributed by atoms with Gasteiger partial charge in [-0.2, -0.15) is 13.2 Å². The minimum absolute atomic E-state index is 0.00521. The highest BCUT2D eigenvalue weighted by Crippen LogP contribution is 2.31. The molecule has 84 valence electrons. The zero-order valence-electron chi connectivity index (χ0n) is 7.35. The summed E-state index contributed by atoms with van der Waals surface area (Å²) >= 11 is 8.48. The molecule has 0 bridgehead atoms. The number of halogens is 5. The lowest BCUT2D eigenvalue weighted by Crippen LogP contribution is -2.31. The fourth-order valence-electron chi connectivity index (χ4n) is 0.650. The van der Waals surface area contributed by atoms with Gasteiger partial charge in [-0.3, -0.25) is 0 Å². The molecule has 1 aromatic rings. The second kappa shape index (κ2) is 4.52. The summed E-state index contributed by atoms with van der Waals surface area (Å²) < 4.78 is 41.1. The van der Waals surface area contributed by atoms with Gasteiger partial charge in [0.25, 0.3) is 0 Å². The summed E-state index contributed by atoms with van der Waals surface area (Å²) in [6.07, 6.45) is -5.39. The maximum absolute atomic E-state index is 12.2. The van der Waals surface area contributed by atoms with Crippen LogP contribution in [-0.2, 0) is 0 Å². The van der Waals surface area contributed by atoms with Gasteiger partial charge < -0.3 is 4.74 Å². The largest absolute Gasteiger partial charge is 0.464 e. The predicted molar refractivity (Wildman–Crippen MR) is 50.9 cm³/mol. The first-order valence-electron chi connectivity index (χ1n) is 3.71. The van der Waals surface area contributed by atoms with Crippen LogP contribution in [0.1, 0.15) is 6.92 Å². The fourth-order valence-corrected chi connectivity index (χ4v) is 1.07. The average molecular weight is 305 g/mol. The molecule has 15 heavy (non-hydrogen) atoms.